The monoisotopic (exact) mass is 395 g/mol. The number of benzene rings is 1. The van der Waals surface area contributed by atoms with Gasteiger partial charge in [-0.3, -0.25) is 9.59 Å². The zero-order chi connectivity index (χ0) is 17.9. The van der Waals surface area contributed by atoms with Gasteiger partial charge >= 0.3 is 0 Å². The quantitative estimate of drug-likeness (QED) is 0.527. The average Bonchev–Trinajstić information content (AvgIpc) is 3.09. The lowest BCUT2D eigenvalue weighted by atomic mass is 10.1. The van der Waals surface area contributed by atoms with Gasteiger partial charge in [-0.1, -0.05) is 31.0 Å². The normalized spacial score (nSPS) is 10.0. The molecule has 2 rings (SSSR count). The van der Waals surface area contributed by atoms with Gasteiger partial charge in [-0.15, -0.1) is 23.7 Å². The van der Waals surface area contributed by atoms with Crippen LogP contribution in [-0.4, -0.2) is 18.4 Å². The highest BCUT2D eigenvalue weighted by Gasteiger charge is 2.10. The second kappa shape index (κ2) is 12.5. The third-order valence-corrected chi connectivity index (χ3v) is 4.62. The van der Waals surface area contributed by atoms with E-state index in [0.717, 1.165) is 30.6 Å². The molecule has 2 amide bonds. The number of carbonyl (C=O) groups excluding carboxylic acids is 2. The van der Waals surface area contributed by atoms with Gasteiger partial charge in [0.05, 0.1) is 17.8 Å². The van der Waals surface area contributed by atoms with E-state index >= 15 is 0 Å². The second-order valence-electron chi connectivity index (χ2n) is 5.85. The molecule has 0 radical (unpaired) electrons. The molecule has 0 aliphatic carbocycles. The number of para-hydroxylation sites is 2. The summed E-state index contributed by atoms with van der Waals surface area (Å²) in [4.78, 5) is 25.3. The molecular weight excluding hydrogens is 370 g/mol. The van der Waals surface area contributed by atoms with Crippen LogP contribution in [0.2, 0.25) is 0 Å². The summed E-state index contributed by atoms with van der Waals surface area (Å²) in [5.74, 6) is -0.126. The van der Waals surface area contributed by atoms with Gasteiger partial charge in [0.15, 0.2) is 0 Å². The van der Waals surface area contributed by atoms with E-state index in [9.17, 15) is 9.59 Å². The molecule has 5 nitrogen and oxygen atoms in total. The minimum absolute atomic E-state index is 0. The van der Waals surface area contributed by atoms with Crippen LogP contribution in [0.25, 0.3) is 0 Å². The number of nitrogens with one attached hydrogen (secondary N) is 2. The number of hydrogen-bond acceptors (Lipinski definition) is 4. The van der Waals surface area contributed by atoms with Gasteiger partial charge in [-0.05, 0) is 43.0 Å². The maximum Gasteiger partial charge on any atom is 0.229 e. The Balaban J connectivity index is 0.00000338. The minimum atomic E-state index is -0.0917. The number of anilines is 2. The topological polar surface area (TPSA) is 84.2 Å². The Labute approximate surface area is 164 Å². The van der Waals surface area contributed by atoms with E-state index in [4.69, 9.17) is 5.73 Å². The summed E-state index contributed by atoms with van der Waals surface area (Å²) in [5.41, 5.74) is 6.72. The molecule has 2 aromatic rings. The molecule has 0 atom stereocenters. The predicted molar refractivity (Wildman–Crippen MR) is 111 cm³/mol. The van der Waals surface area contributed by atoms with E-state index in [1.165, 1.54) is 0 Å². The molecule has 0 aliphatic rings. The van der Waals surface area contributed by atoms with Crippen molar-refractivity contribution in [3.63, 3.8) is 0 Å². The number of carbonyl (C=O) groups is 2. The number of unbranched alkanes of at least 4 members (excludes halogenated alkanes) is 3. The van der Waals surface area contributed by atoms with E-state index in [1.54, 1.807) is 23.5 Å². The van der Waals surface area contributed by atoms with Crippen molar-refractivity contribution in [2.24, 2.45) is 5.73 Å². The molecule has 1 aromatic heterocycles. The lowest BCUT2D eigenvalue weighted by Gasteiger charge is -2.12. The number of thiophene rings is 1. The summed E-state index contributed by atoms with van der Waals surface area (Å²) in [7, 11) is 0. The summed E-state index contributed by atoms with van der Waals surface area (Å²) in [6, 6.07) is 11.1. The summed E-state index contributed by atoms with van der Waals surface area (Å²) in [6.07, 6.45) is 4.71. The number of amides is 2. The Hall–Kier alpha value is -1.89. The molecule has 4 N–H and O–H groups in total. The Bertz CT molecular complexity index is 677. The van der Waals surface area contributed by atoms with Gasteiger partial charge in [-0.2, -0.15) is 0 Å². The summed E-state index contributed by atoms with van der Waals surface area (Å²) in [6.45, 7) is 0.699. The summed E-state index contributed by atoms with van der Waals surface area (Å²) < 4.78 is 0. The highest BCUT2D eigenvalue weighted by Crippen LogP contribution is 2.22. The SMILES string of the molecule is Cl.NCCCCCCC(=O)Nc1ccccc1NC(=O)Cc1cccs1. The third kappa shape index (κ3) is 7.99. The number of rotatable bonds is 10. The molecule has 142 valence electrons. The van der Waals surface area contributed by atoms with E-state index in [2.05, 4.69) is 10.6 Å². The second-order valence-corrected chi connectivity index (χ2v) is 6.88. The predicted octanol–water partition coefficient (Wildman–Crippen LogP) is 4.20. The Kier molecular flexibility index (Phi) is 10.6. The molecule has 0 saturated carbocycles. The van der Waals surface area contributed by atoms with Crippen LogP contribution in [0.15, 0.2) is 41.8 Å². The van der Waals surface area contributed by atoms with Gasteiger partial charge in [0, 0.05) is 11.3 Å². The largest absolute Gasteiger partial charge is 0.330 e. The molecule has 0 bridgehead atoms. The smallest absolute Gasteiger partial charge is 0.229 e. The molecule has 26 heavy (non-hydrogen) atoms. The first-order valence-corrected chi connectivity index (χ1v) is 9.48. The van der Waals surface area contributed by atoms with Crippen LogP contribution < -0.4 is 16.4 Å². The van der Waals surface area contributed by atoms with Gasteiger partial charge < -0.3 is 16.4 Å². The molecule has 0 saturated heterocycles. The van der Waals surface area contributed by atoms with E-state index < -0.39 is 0 Å². The lowest BCUT2D eigenvalue weighted by Crippen LogP contribution is -2.17. The third-order valence-electron chi connectivity index (χ3n) is 3.75. The van der Waals surface area contributed by atoms with Crippen molar-refractivity contribution >= 4 is 46.9 Å². The van der Waals surface area contributed by atoms with Gasteiger partial charge in [-0.25, -0.2) is 0 Å². The van der Waals surface area contributed by atoms with Gasteiger partial charge in [0.2, 0.25) is 11.8 Å². The molecule has 1 heterocycles. The summed E-state index contributed by atoms with van der Waals surface area (Å²) >= 11 is 1.55. The average molecular weight is 396 g/mol. The van der Waals surface area contributed by atoms with Crippen LogP contribution in [0.4, 0.5) is 11.4 Å². The van der Waals surface area contributed by atoms with Crippen LogP contribution in [0.3, 0.4) is 0 Å². The fourth-order valence-corrected chi connectivity index (χ4v) is 3.17. The van der Waals surface area contributed by atoms with Crippen LogP contribution in [0.1, 0.15) is 37.0 Å². The minimum Gasteiger partial charge on any atom is -0.330 e. The maximum atomic E-state index is 12.2. The van der Waals surface area contributed by atoms with Crippen molar-refractivity contribution in [1.82, 2.24) is 0 Å². The van der Waals surface area contributed by atoms with Crippen molar-refractivity contribution in [2.45, 2.75) is 38.5 Å². The zero-order valence-electron chi connectivity index (χ0n) is 14.7. The first-order valence-electron chi connectivity index (χ1n) is 8.60. The lowest BCUT2D eigenvalue weighted by molar-refractivity contribution is -0.117. The van der Waals surface area contributed by atoms with Crippen molar-refractivity contribution < 1.29 is 9.59 Å². The molecule has 0 aliphatic heterocycles. The Morgan fingerprint density at radius 1 is 0.885 bits per heavy atom. The first-order chi connectivity index (χ1) is 12.2. The van der Waals surface area contributed by atoms with Gasteiger partial charge in [0.25, 0.3) is 0 Å². The van der Waals surface area contributed by atoms with Gasteiger partial charge in [0.1, 0.15) is 0 Å². The van der Waals surface area contributed by atoms with E-state index in [-0.39, 0.29) is 24.2 Å². The highest BCUT2D eigenvalue weighted by molar-refractivity contribution is 7.10. The van der Waals surface area contributed by atoms with Crippen molar-refractivity contribution in [2.75, 3.05) is 17.2 Å². The van der Waals surface area contributed by atoms with Crippen LogP contribution in [-0.2, 0) is 16.0 Å². The van der Waals surface area contributed by atoms with Crippen molar-refractivity contribution in [3.8, 4) is 0 Å². The number of halogens is 1. The van der Waals surface area contributed by atoms with E-state index in [0.29, 0.717) is 30.8 Å². The molecular formula is C19H26ClN3O2S. The fraction of sp³-hybridized carbons (Fsp3) is 0.368. The van der Waals surface area contributed by atoms with Crippen LogP contribution in [0, 0.1) is 0 Å². The Morgan fingerprint density at radius 2 is 1.54 bits per heavy atom. The van der Waals surface area contributed by atoms with E-state index in [1.807, 2.05) is 29.6 Å². The highest BCUT2D eigenvalue weighted by atomic mass is 35.5. The van der Waals surface area contributed by atoms with Crippen LogP contribution >= 0.6 is 23.7 Å². The first kappa shape index (κ1) is 22.2. The number of nitrogens with two attached hydrogens (primary N) is 1. The number of hydrogen-bond donors (Lipinski definition) is 3. The van der Waals surface area contributed by atoms with Crippen molar-refractivity contribution in [1.29, 1.82) is 0 Å². The molecule has 0 spiro atoms. The standard InChI is InChI=1S/C19H25N3O2S.ClH/c20-12-6-2-1-3-11-18(23)21-16-9-4-5-10-17(16)22-19(24)14-15-8-7-13-25-15;/h4-5,7-10,13H,1-3,6,11-12,14,20H2,(H,21,23)(H,22,24);1H. The Morgan fingerprint density at radius 3 is 2.15 bits per heavy atom. The molecule has 0 fully saturated rings. The summed E-state index contributed by atoms with van der Waals surface area (Å²) in [5, 5.41) is 7.72. The zero-order valence-corrected chi connectivity index (χ0v) is 16.3. The fourth-order valence-electron chi connectivity index (χ4n) is 2.46. The maximum absolute atomic E-state index is 12.2. The van der Waals surface area contributed by atoms with Crippen molar-refractivity contribution in [3.05, 3.63) is 46.7 Å². The molecule has 7 heteroatoms. The van der Waals surface area contributed by atoms with Crippen LogP contribution in [0.5, 0.6) is 0 Å². The molecule has 0 unspecified atom stereocenters. The molecule has 1 aromatic carbocycles.